The second-order valence-electron chi connectivity index (χ2n) is 9.21. The summed E-state index contributed by atoms with van der Waals surface area (Å²) < 4.78 is 0. The molecular formula is C28H30N2O2S. The van der Waals surface area contributed by atoms with E-state index in [-0.39, 0.29) is 23.9 Å². The summed E-state index contributed by atoms with van der Waals surface area (Å²) in [5.74, 6) is -0.334. The first kappa shape index (κ1) is 21.9. The highest BCUT2D eigenvalue weighted by Crippen LogP contribution is 2.47. The van der Waals surface area contributed by atoms with Crippen molar-refractivity contribution in [1.82, 2.24) is 10.2 Å². The third-order valence-electron chi connectivity index (χ3n) is 7.01. The number of carbonyl (C=O) groups is 2. The fourth-order valence-corrected chi connectivity index (χ4v) is 6.35. The molecule has 0 saturated heterocycles. The smallest absolute Gasteiger partial charge is 0.254 e. The van der Waals surface area contributed by atoms with E-state index in [0.29, 0.717) is 12.1 Å². The first-order valence-corrected chi connectivity index (χ1v) is 12.8. The summed E-state index contributed by atoms with van der Waals surface area (Å²) >= 11 is 1.64. The van der Waals surface area contributed by atoms with Crippen LogP contribution in [0.15, 0.2) is 66.0 Å². The van der Waals surface area contributed by atoms with Crippen LogP contribution in [0, 0.1) is 6.92 Å². The van der Waals surface area contributed by atoms with Gasteiger partial charge in [-0.1, -0.05) is 66.9 Å². The summed E-state index contributed by atoms with van der Waals surface area (Å²) in [4.78, 5) is 30.6. The minimum Gasteiger partial charge on any atom is -0.355 e. The Morgan fingerprint density at radius 2 is 1.88 bits per heavy atom. The lowest BCUT2D eigenvalue weighted by Gasteiger charge is -2.44. The van der Waals surface area contributed by atoms with Crippen molar-refractivity contribution < 1.29 is 9.59 Å². The fourth-order valence-electron chi connectivity index (χ4n) is 5.49. The maximum atomic E-state index is 13.7. The van der Waals surface area contributed by atoms with Crippen LogP contribution in [0.3, 0.4) is 0 Å². The average molecular weight is 459 g/mol. The van der Waals surface area contributed by atoms with Gasteiger partial charge in [-0.2, -0.15) is 0 Å². The van der Waals surface area contributed by atoms with E-state index in [4.69, 9.17) is 0 Å². The van der Waals surface area contributed by atoms with Gasteiger partial charge in [0.1, 0.15) is 0 Å². The van der Waals surface area contributed by atoms with Crippen LogP contribution in [0.4, 0.5) is 0 Å². The zero-order valence-corrected chi connectivity index (χ0v) is 19.8. The first-order valence-electron chi connectivity index (χ1n) is 11.9. The van der Waals surface area contributed by atoms with Gasteiger partial charge in [0.2, 0.25) is 5.91 Å². The molecule has 0 radical (unpaired) electrons. The molecule has 1 fully saturated rings. The second-order valence-corrected chi connectivity index (χ2v) is 10.2. The van der Waals surface area contributed by atoms with Crippen LogP contribution in [0.1, 0.15) is 69.6 Å². The lowest BCUT2D eigenvalue weighted by molar-refractivity contribution is -0.124. The number of thiophene rings is 1. The highest BCUT2D eigenvalue weighted by atomic mass is 32.1. The molecule has 1 aliphatic heterocycles. The van der Waals surface area contributed by atoms with E-state index in [0.717, 1.165) is 42.5 Å². The van der Waals surface area contributed by atoms with Gasteiger partial charge in [-0.3, -0.25) is 9.59 Å². The highest BCUT2D eigenvalue weighted by Gasteiger charge is 2.47. The van der Waals surface area contributed by atoms with Crippen LogP contribution in [-0.4, -0.2) is 29.3 Å². The molecule has 1 N–H and O–H groups in total. The Morgan fingerprint density at radius 1 is 1.06 bits per heavy atom. The standard InChI is InChI=1S/C28H30N2O2S/c1-19-8-6-9-20(18-19)15-16-29-27(31)25-22-12-4-5-13-23(22)28(32)30(21-10-2-3-11-21)26(25)24-14-7-17-33-24/h4-9,12-14,17-18,21,25-26H,2-3,10-11,15-16H2,1H3,(H,29,31)/t25-,26-/m0/s1. The number of nitrogens with one attached hydrogen (secondary N) is 1. The van der Waals surface area contributed by atoms with Gasteiger partial charge in [0.25, 0.3) is 5.91 Å². The summed E-state index contributed by atoms with van der Waals surface area (Å²) in [5.41, 5.74) is 3.97. The van der Waals surface area contributed by atoms with Crippen LogP contribution < -0.4 is 5.32 Å². The summed E-state index contributed by atoms with van der Waals surface area (Å²) in [7, 11) is 0. The van der Waals surface area contributed by atoms with Crippen LogP contribution >= 0.6 is 11.3 Å². The van der Waals surface area contributed by atoms with Crippen LogP contribution in [0.2, 0.25) is 0 Å². The van der Waals surface area contributed by atoms with Crippen molar-refractivity contribution >= 4 is 23.2 Å². The quantitative estimate of drug-likeness (QED) is 0.520. The molecule has 2 atom stereocenters. The van der Waals surface area contributed by atoms with Gasteiger partial charge in [-0.05, 0) is 54.8 Å². The lowest BCUT2D eigenvalue weighted by Crippen LogP contribution is -2.50. The molecule has 2 amide bonds. The monoisotopic (exact) mass is 458 g/mol. The van der Waals surface area contributed by atoms with Gasteiger partial charge >= 0.3 is 0 Å². The second kappa shape index (κ2) is 9.52. The molecule has 5 rings (SSSR count). The minimum atomic E-state index is -0.407. The number of hydrogen-bond acceptors (Lipinski definition) is 3. The number of hydrogen-bond donors (Lipinski definition) is 1. The van der Waals surface area contributed by atoms with Gasteiger partial charge in [0.15, 0.2) is 0 Å². The van der Waals surface area contributed by atoms with E-state index >= 15 is 0 Å². The zero-order chi connectivity index (χ0) is 22.8. The average Bonchev–Trinajstić information content (AvgIpc) is 3.53. The van der Waals surface area contributed by atoms with E-state index < -0.39 is 5.92 Å². The Kier molecular flexibility index (Phi) is 6.32. The van der Waals surface area contributed by atoms with E-state index in [1.165, 1.54) is 11.1 Å². The maximum Gasteiger partial charge on any atom is 0.254 e. The lowest BCUT2D eigenvalue weighted by atomic mass is 9.80. The number of benzene rings is 2. The van der Waals surface area contributed by atoms with E-state index in [2.05, 4.69) is 42.6 Å². The summed E-state index contributed by atoms with van der Waals surface area (Å²) in [5, 5.41) is 5.25. The van der Waals surface area contributed by atoms with E-state index in [1.807, 2.05) is 40.6 Å². The Hall–Kier alpha value is -2.92. The Labute approximate surface area is 199 Å². The first-order chi connectivity index (χ1) is 16.1. The zero-order valence-electron chi connectivity index (χ0n) is 19.0. The van der Waals surface area contributed by atoms with Gasteiger partial charge in [-0.15, -0.1) is 11.3 Å². The molecular weight excluding hydrogens is 428 g/mol. The number of fused-ring (bicyclic) bond motifs is 1. The predicted octanol–water partition coefficient (Wildman–Crippen LogP) is 5.64. The minimum absolute atomic E-state index is 0.00370. The third-order valence-corrected chi connectivity index (χ3v) is 7.95. The van der Waals surface area contributed by atoms with Gasteiger partial charge in [-0.25, -0.2) is 0 Å². The third kappa shape index (κ3) is 4.34. The van der Waals surface area contributed by atoms with Crippen molar-refractivity contribution in [2.45, 2.75) is 57.0 Å². The normalized spacial score (nSPS) is 20.6. The van der Waals surface area contributed by atoms with E-state index in [9.17, 15) is 9.59 Å². The molecule has 2 aromatic carbocycles. The molecule has 2 aliphatic rings. The number of nitrogens with zero attached hydrogens (tertiary/aromatic N) is 1. The molecule has 0 spiro atoms. The van der Waals surface area contributed by atoms with Crippen molar-refractivity contribution in [3.63, 3.8) is 0 Å². The Bertz CT molecular complexity index is 1130. The van der Waals surface area contributed by atoms with Crippen molar-refractivity contribution in [2.24, 2.45) is 0 Å². The van der Waals surface area contributed by atoms with Gasteiger partial charge < -0.3 is 10.2 Å². The largest absolute Gasteiger partial charge is 0.355 e. The Balaban J connectivity index is 1.47. The molecule has 4 nitrogen and oxygen atoms in total. The summed E-state index contributed by atoms with van der Waals surface area (Å²) in [6, 6.07) is 20.1. The molecule has 1 aliphatic carbocycles. The Morgan fingerprint density at radius 3 is 2.64 bits per heavy atom. The van der Waals surface area contributed by atoms with Crippen molar-refractivity contribution in [3.8, 4) is 0 Å². The topological polar surface area (TPSA) is 49.4 Å². The molecule has 2 heterocycles. The van der Waals surface area contributed by atoms with Crippen molar-refractivity contribution in [1.29, 1.82) is 0 Å². The summed E-state index contributed by atoms with van der Waals surface area (Å²) in [6.45, 7) is 2.66. The predicted molar refractivity (Wildman–Crippen MR) is 133 cm³/mol. The molecule has 3 aromatic rings. The van der Waals surface area contributed by atoms with Crippen LogP contribution in [0.5, 0.6) is 0 Å². The molecule has 5 heteroatoms. The van der Waals surface area contributed by atoms with Crippen molar-refractivity contribution in [2.75, 3.05) is 6.54 Å². The molecule has 33 heavy (non-hydrogen) atoms. The number of carbonyl (C=O) groups excluding carboxylic acids is 2. The molecule has 1 saturated carbocycles. The van der Waals surface area contributed by atoms with Crippen LogP contribution in [-0.2, 0) is 11.2 Å². The SMILES string of the molecule is Cc1cccc(CCNC(=O)[C@H]2c3ccccc3C(=O)N(C3CCCC3)[C@H]2c2cccs2)c1. The van der Waals surface area contributed by atoms with Gasteiger partial charge in [0, 0.05) is 23.0 Å². The highest BCUT2D eigenvalue weighted by molar-refractivity contribution is 7.10. The number of aryl methyl sites for hydroxylation is 1. The van der Waals surface area contributed by atoms with E-state index in [1.54, 1.807) is 11.3 Å². The fraction of sp³-hybridized carbons (Fsp3) is 0.357. The molecule has 0 bridgehead atoms. The molecule has 170 valence electrons. The maximum absolute atomic E-state index is 13.7. The van der Waals surface area contributed by atoms with Gasteiger partial charge in [0.05, 0.1) is 12.0 Å². The number of amides is 2. The number of rotatable bonds is 6. The van der Waals surface area contributed by atoms with Crippen LogP contribution in [0.25, 0.3) is 0 Å². The summed E-state index contributed by atoms with van der Waals surface area (Å²) in [6.07, 6.45) is 5.09. The van der Waals surface area contributed by atoms with Crippen molar-refractivity contribution in [3.05, 3.63) is 93.2 Å². The molecule has 1 aromatic heterocycles. The molecule has 0 unspecified atom stereocenters.